The Kier molecular flexibility index (Phi) is 7.30. The van der Waals surface area contributed by atoms with Gasteiger partial charge in [-0.2, -0.15) is 5.10 Å². The number of aliphatic hydroxyl groups excluding tert-OH is 1. The maximum Gasteiger partial charge on any atom is 0.289 e. The number of halogens is 2. The SMILES string of the molecule is C[C@@H](Nc1cc(N2CC([C@H]3CCCN(CCO)C3)C2)nn(C)c1=O)c1ccc(Cl)cc1Cl. The van der Waals surface area contributed by atoms with Crippen LogP contribution in [0.1, 0.15) is 31.4 Å². The topological polar surface area (TPSA) is 73.6 Å². The molecule has 0 unspecified atom stereocenters. The Bertz CT molecular complexity index is 1010. The number of piperidine rings is 1. The van der Waals surface area contributed by atoms with Crippen molar-refractivity contribution in [3.8, 4) is 0 Å². The number of aliphatic hydroxyl groups is 1. The smallest absolute Gasteiger partial charge is 0.289 e. The van der Waals surface area contributed by atoms with Gasteiger partial charge in [-0.25, -0.2) is 4.68 Å². The van der Waals surface area contributed by atoms with Gasteiger partial charge in [0, 0.05) is 49.3 Å². The van der Waals surface area contributed by atoms with E-state index in [9.17, 15) is 9.90 Å². The molecule has 0 amide bonds. The number of anilines is 2. The summed E-state index contributed by atoms with van der Waals surface area (Å²) in [7, 11) is 1.68. The molecule has 2 saturated heterocycles. The van der Waals surface area contributed by atoms with E-state index in [2.05, 4.69) is 20.2 Å². The normalized spacial score (nSPS) is 20.8. The van der Waals surface area contributed by atoms with Gasteiger partial charge in [0.05, 0.1) is 12.6 Å². The Morgan fingerprint density at radius 3 is 2.72 bits per heavy atom. The van der Waals surface area contributed by atoms with E-state index in [-0.39, 0.29) is 18.2 Å². The maximum atomic E-state index is 12.7. The van der Waals surface area contributed by atoms with E-state index in [1.54, 1.807) is 19.2 Å². The van der Waals surface area contributed by atoms with Crippen molar-refractivity contribution < 1.29 is 5.11 Å². The van der Waals surface area contributed by atoms with Gasteiger partial charge in [0.2, 0.25) is 0 Å². The molecule has 1 aromatic carbocycles. The van der Waals surface area contributed by atoms with Crippen LogP contribution < -0.4 is 15.8 Å². The van der Waals surface area contributed by atoms with Crippen LogP contribution in [-0.2, 0) is 7.05 Å². The summed E-state index contributed by atoms with van der Waals surface area (Å²) in [4.78, 5) is 17.3. The molecule has 32 heavy (non-hydrogen) atoms. The number of hydrogen-bond donors (Lipinski definition) is 2. The van der Waals surface area contributed by atoms with Crippen LogP contribution in [0.15, 0.2) is 29.1 Å². The summed E-state index contributed by atoms with van der Waals surface area (Å²) >= 11 is 12.4. The van der Waals surface area contributed by atoms with Gasteiger partial charge in [-0.3, -0.25) is 4.79 Å². The minimum absolute atomic E-state index is 0.161. The molecule has 3 heterocycles. The van der Waals surface area contributed by atoms with Crippen LogP contribution in [0.25, 0.3) is 0 Å². The van der Waals surface area contributed by atoms with Gasteiger partial charge in [0.25, 0.3) is 5.56 Å². The summed E-state index contributed by atoms with van der Waals surface area (Å²) in [6.07, 6.45) is 2.44. The van der Waals surface area contributed by atoms with E-state index in [4.69, 9.17) is 23.2 Å². The molecule has 2 aliphatic heterocycles. The highest BCUT2D eigenvalue weighted by Crippen LogP contribution is 2.34. The van der Waals surface area contributed by atoms with E-state index < -0.39 is 0 Å². The minimum Gasteiger partial charge on any atom is -0.395 e. The van der Waals surface area contributed by atoms with Crippen LogP contribution in [0.5, 0.6) is 0 Å². The van der Waals surface area contributed by atoms with Crippen molar-refractivity contribution >= 4 is 34.7 Å². The molecule has 4 rings (SSSR count). The lowest BCUT2D eigenvalue weighted by Gasteiger charge is -2.47. The van der Waals surface area contributed by atoms with Gasteiger partial charge >= 0.3 is 0 Å². The molecule has 0 bridgehead atoms. The summed E-state index contributed by atoms with van der Waals surface area (Å²) in [6.45, 7) is 6.99. The van der Waals surface area contributed by atoms with Crippen molar-refractivity contribution in [1.82, 2.24) is 14.7 Å². The molecule has 2 N–H and O–H groups in total. The molecule has 0 spiro atoms. The van der Waals surface area contributed by atoms with E-state index in [0.717, 1.165) is 44.1 Å². The molecule has 2 aliphatic rings. The quantitative estimate of drug-likeness (QED) is 0.633. The van der Waals surface area contributed by atoms with Crippen molar-refractivity contribution in [2.75, 3.05) is 49.5 Å². The van der Waals surface area contributed by atoms with E-state index in [1.807, 2.05) is 19.1 Å². The van der Waals surface area contributed by atoms with Crippen molar-refractivity contribution in [2.45, 2.75) is 25.8 Å². The molecule has 2 fully saturated rings. The Balaban J connectivity index is 1.43. The van der Waals surface area contributed by atoms with E-state index in [1.165, 1.54) is 17.5 Å². The maximum absolute atomic E-state index is 12.7. The highest BCUT2D eigenvalue weighted by molar-refractivity contribution is 6.35. The number of aryl methyl sites for hydroxylation is 1. The third kappa shape index (κ3) is 5.06. The van der Waals surface area contributed by atoms with Crippen LogP contribution in [0.2, 0.25) is 10.0 Å². The third-order valence-electron chi connectivity index (χ3n) is 6.71. The number of nitrogens with zero attached hydrogens (tertiary/aromatic N) is 4. The number of likely N-dealkylation sites (tertiary alicyclic amines) is 1. The Morgan fingerprint density at radius 2 is 2.00 bits per heavy atom. The van der Waals surface area contributed by atoms with Crippen molar-refractivity contribution in [3.63, 3.8) is 0 Å². The molecule has 0 aliphatic carbocycles. The molecule has 1 aromatic heterocycles. The van der Waals surface area contributed by atoms with Crippen molar-refractivity contribution in [2.24, 2.45) is 18.9 Å². The molecular formula is C23H31Cl2N5O2. The fourth-order valence-corrected chi connectivity index (χ4v) is 5.41. The summed E-state index contributed by atoms with van der Waals surface area (Å²) < 4.78 is 1.39. The van der Waals surface area contributed by atoms with Gasteiger partial charge in [0.15, 0.2) is 5.82 Å². The van der Waals surface area contributed by atoms with E-state index >= 15 is 0 Å². The number of aromatic nitrogens is 2. The number of β-amino-alcohol motifs (C(OH)–C–C–N with tert-alkyl or cyclic N) is 1. The number of nitrogens with one attached hydrogen (secondary N) is 1. The highest BCUT2D eigenvalue weighted by atomic mass is 35.5. The van der Waals surface area contributed by atoms with Gasteiger partial charge in [-0.15, -0.1) is 0 Å². The number of benzene rings is 1. The van der Waals surface area contributed by atoms with Gasteiger partial charge in [-0.1, -0.05) is 29.3 Å². The molecule has 9 heteroatoms. The van der Waals surface area contributed by atoms with Crippen LogP contribution in [0, 0.1) is 11.8 Å². The first-order valence-corrected chi connectivity index (χ1v) is 12.0. The predicted molar refractivity (Wildman–Crippen MR) is 130 cm³/mol. The zero-order valence-electron chi connectivity index (χ0n) is 18.6. The van der Waals surface area contributed by atoms with Crippen molar-refractivity contribution in [1.29, 1.82) is 0 Å². The third-order valence-corrected chi connectivity index (χ3v) is 7.27. The van der Waals surface area contributed by atoms with Gasteiger partial charge in [0.1, 0.15) is 5.69 Å². The molecule has 2 atom stereocenters. The van der Waals surface area contributed by atoms with Crippen molar-refractivity contribution in [3.05, 3.63) is 50.2 Å². The van der Waals surface area contributed by atoms with Crippen LogP contribution in [0.3, 0.4) is 0 Å². The Morgan fingerprint density at radius 1 is 1.22 bits per heavy atom. The first-order valence-electron chi connectivity index (χ1n) is 11.2. The highest BCUT2D eigenvalue weighted by Gasteiger charge is 2.36. The number of hydrogen-bond acceptors (Lipinski definition) is 6. The zero-order chi connectivity index (χ0) is 22.8. The zero-order valence-corrected chi connectivity index (χ0v) is 20.1. The van der Waals surface area contributed by atoms with Crippen LogP contribution in [0.4, 0.5) is 11.5 Å². The minimum atomic E-state index is -0.172. The standard InChI is InChI=1S/C23H31Cl2N5O2/c1-15(19-6-5-18(24)10-20(19)25)26-21-11-22(27-28(2)23(21)32)30-13-17(14-30)16-4-3-7-29(12-16)8-9-31/h5-6,10-11,15-17,26,31H,3-4,7-9,12-14H2,1-2H3/t15-,16+/m1/s1. The lowest BCUT2D eigenvalue weighted by atomic mass is 9.80. The molecule has 7 nitrogen and oxygen atoms in total. The summed E-state index contributed by atoms with van der Waals surface area (Å²) in [5, 5.41) is 18.2. The lowest BCUT2D eigenvalue weighted by Crippen LogP contribution is -2.54. The van der Waals surface area contributed by atoms with E-state index in [0.29, 0.717) is 27.6 Å². The Hall–Kier alpha value is -1.80. The lowest BCUT2D eigenvalue weighted by molar-refractivity contribution is 0.101. The molecule has 0 saturated carbocycles. The Labute approximate surface area is 198 Å². The summed E-state index contributed by atoms with van der Waals surface area (Å²) in [5.74, 6) is 2.09. The van der Waals surface area contributed by atoms with Gasteiger partial charge in [-0.05, 0) is 55.8 Å². The number of rotatable bonds is 7. The second-order valence-corrected chi connectivity index (χ2v) is 9.81. The molecule has 2 aromatic rings. The first kappa shape index (κ1) is 23.4. The summed E-state index contributed by atoms with van der Waals surface area (Å²) in [6, 6.07) is 7.06. The predicted octanol–water partition coefficient (Wildman–Crippen LogP) is 3.40. The second kappa shape index (κ2) is 10.00. The largest absolute Gasteiger partial charge is 0.395 e. The average molecular weight is 480 g/mol. The molecular weight excluding hydrogens is 449 g/mol. The molecule has 0 radical (unpaired) electrons. The van der Waals surface area contributed by atoms with Gasteiger partial charge < -0.3 is 20.2 Å². The second-order valence-electron chi connectivity index (χ2n) is 8.97. The monoisotopic (exact) mass is 479 g/mol. The average Bonchev–Trinajstić information content (AvgIpc) is 2.71. The molecule has 174 valence electrons. The summed E-state index contributed by atoms with van der Waals surface area (Å²) in [5.41, 5.74) is 1.21. The fourth-order valence-electron chi connectivity index (χ4n) is 4.83. The fraction of sp³-hybridized carbons (Fsp3) is 0.565. The first-order chi connectivity index (χ1) is 15.4. The van der Waals surface area contributed by atoms with Crippen LogP contribution >= 0.6 is 23.2 Å². The van der Waals surface area contributed by atoms with Crippen LogP contribution in [-0.4, -0.2) is 59.1 Å².